The molecule has 0 radical (unpaired) electrons. The summed E-state index contributed by atoms with van der Waals surface area (Å²) in [6.07, 6.45) is 5.71. The van der Waals surface area contributed by atoms with E-state index in [4.69, 9.17) is 11.6 Å². The lowest BCUT2D eigenvalue weighted by Gasteiger charge is -2.40. The number of aromatic nitrogens is 3. The molecule has 23 heavy (non-hydrogen) atoms. The van der Waals surface area contributed by atoms with E-state index in [9.17, 15) is 5.11 Å². The average molecular weight is 330 g/mol. The van der Waals surface area contributed by atoms with Crippen molar-refractivity contribution in [1.29, 1.82) is 0 Å². The average Bonchev–Trinajstić information content (AvgIpc) is 2.97. The molecular weight excluding hydrogens is 310 g/mol. The molecule has 4 rings (SSSR count). The van der Waals surface area contributed by atoms with Crippen LogP contribution in [0.3, 0.4) is 0 Å². The molecule has 120 valence electrons. The van der Waals surface area contributed by atoms with E-state index in [-0.39, 0.29) is 11.8 Å². The summed E-state index contributed by atoms with van der Waals surface area (Å²) in [6.45, 7) is 2.12. The van der Waals surface area contributed by atoms with Crippen molar-refractivity contribution in [1.82, 2.24) is 14.5 Å². The minimum atomic E-state index is -0.929. The summed E-state index contributed by atoms with van der Waals surface area (Å²) in [5, 5.41) is 12.5. The van der Waals surface area contributed by atoms with Crippen LogP contribution in [0.1, 0.15) is 38.4 Å². The van der Waals surface area contributed by atoms with Gasteiger partial charge in [0.25, 0.3) is 0 Å². The Bertz CT molecular complexity index is 875. The van der Waals surface area contributed by atoms with Gasteiger partial charge in [-0.3, -0.25) is 9.55 Å². The van der Waals surface area contributed by atoms with Gasteiger partial charge in [0.15, 0.2) is 0 Å². The van der Waals surface area contributed by atoms with Crippen LogP contribution in [0.2, 0.25) is 0 Å². The number of halogens is 1. The molecule has 0 saturated heterocycles. The Morgan fingerprint density at radius 3 is 2.91 bits per heavy atom. The van der Waals surface area contributed by atoms with Crippen LogP contribution in [0.5, 0.6) is 0 Å². The molecule has 1 fully saturated rings. The summed E-state index contributed by atoms with van der Waals surface area (Å²) in [5.41, 5.74) is 1.73. The Morgan fingerprint density at radius 2 is 2.13 bits per heavy atom. The third kappa shape index (κ3) is 2.16. The molecule has 1 saturated carbocycles. The Kier molecular flexibility index (Phi) is 3.54. The van der Waals surface area contributed by atoms with Gasteiger partial charge in [-0.15, -0.1) is 11.6 Å². The fourth-order valence-corrected chi connectivity index (χ4v) is 4.08. The quantitative estimate of drug-likeness (QED) is 0.718. The van der Waals surface area contributed by atoms with Crippen LogP contribution >= 0.6 is 11.6 Å². The Hall–Kier alpha value is -1.65. The lowest BCUT2D eigenvalue weighted by atomic mass is 9.82. The number of nitrogens with zero attached hydrogens (tertiary/aromatic N) is 3. The van der Waals surface area contributed by atoms with Gasteiger partial charge in [0.1, 0.15) is 17.1 Å². The molecule has 2 atom stereocenters. The number of pyridine rings is 1. The maximum atomic E-state index is 11.5. The fourth-order valence-electron chi connectivity index (χ4n) is 3.90. The molecule has 1 aromatic carbocycles. The number of benzene rings is 1. The first-order valence-corrected chi connectivity index (χ1v) is 8.72. The molecular formula is C18H20ClN3O. The van der Waals surface area contributed by atoms with Gasteiger partial charge in [-0.2, -0.15) is 0 Å². The van der Waals surface area contributed by atoms with E-state index in [0.29, 0.717) is 0 Å². The largest absolute Gasteiger partial charge is 0.370 e. The van der Waals surface area contributed by atoms with Gasteiger partial charge in [0.2, 0.25) is 0 Å². The third-order valence-corrected chi connectivity index (χ3v) is 5.43. The smallest absolute Gasteiger partial charge is 0.145 e. The van der Waals surface area contributed by atoms with Crippen LogP contribution in [0.4, 0.5) is 0 Å². The standard InChI is InChI=1S/C18H20ClN3O/c1-12-6-4-5-9-18(12,23)22-16(10-19)21-15-11-20-14-8-3-2-7-13(14)17(15)22/h2-3,7-8,11-12,23H,4-6,9-10H2,1H3. The van der Waals surface area contributed by atoms with Crippen LogP contribution in [0.15, 0.2) is 30.5 Å². The highest BCUT2D eigenvalue weighted by Gasteiger charge is 2.40. The first kappa shape index (κ1) is 14.9. The van der Waals surface area contributed by atoms with Gasteiger partial charge < -0.3 is 5.11 Å². The van der Waals surface area contributed by atoms with Gasteiger partial charge >= 0.3 is 0 Å². The van der Waals surface area contributed by atoms with E-state index in [1.54, 1.807) is 6.20 Å². The van der Waals surface area contributed by atoms with Crippen molar-refractivity contribution in [2.45, 2.75) is 44.2 Å². The second-order valence-electron chi connectivity index (χ2n) is 6.53. The molecule has 0 amide bonds. The number of imidazole rings is 1. The summed E-state index contributed by atoms with van der Waals surface area (Å²) >= 11 is 6.17. The van der Waals surface area contributed by atoms with E-state index in [1.807, 2.05) is 28.8 Å². The van der Waals surface area contributed by atoms with E-state index >= 15 is 0 Å². The minimum absolute atomic E-state index is 0.169. The molecule has 1 N–H and O–H groups in total. The van der Waals surface area contributed by atoms with Crippen LogP contribution in [0.25, 0.3) is 21.9 Å². The maximum Gasteiger partial charge on any atom is 0.145 e. The minimum Gasteiger partial charge on any atom is -0.370 e. The van der Waals surface area contributed by atoms with Crippen LogP contribution in [-0.4, -0.2) is 19.6 Å². The normalized spacial score (nSPS) is 25.3. The van der Waals surface area contributed by atoms with Crippen molar-refractivity contribution < 1.29 is 5.11 Å². The second kappa shape index (κ2) is 5.46. The molecule has 3 aromatic rings. The zero-order valence-electron chi connectivity index (χ0n) is 13.2. The summed E-state index contributed by atoms with van der Waals surface area (Å²) < 4.78 is 1.99. The molecule has 1 aliphatic rings. The molecule has 0 aliphatic heterocycles. The third-order valence-electron chi connectivity index (χ3n) is 5.19. The molecule has 2 aromatic heterocycles. The van der Waals surface area contributed by atoms with Crippen molar-refractivity contribution >= 4 is 33.5 Å². The molecule has 4 nitrogen and oxygen atoms in total. The van der Waals surface area contributed by atoms with Gasteiger partial charge in [-0.1, -0.05) is 31.5 Å². The van der Waals surface area contributed by atoms with Crippen LogP contribution in [-0.2, 0) is 11.6 Å². The first-order valence-electron chi connectivity index (χ1n) is 8.19. The lowest BCUT2D eigenvalue weighted by molar-refractivity contribution is -0.110. The number of alkyl halides is 1. The summed E-state index contributed by atoms with van der Waals surface area (Å²) in [5.74, 6) is 1.16. The second-order valence-corrected chi connectivity index (χ2v) is 6.80. The summed E-state index contributed by atoms with van der Waals surface area (Å²) in [6, 6.07) is 8.00. The molecule has 2 unspecified atom stereocenters. The van der Waals surface area contributed by atoms with E-state index in [0.717, 1.165) is 53.4 Å². The van der Waals surface area contributed by atoms with E-state index < -0.39 is 5.72 Å². The molecule has 5 heteroatoms. The maximum absolute atomic E-state index is 11.5. The fraction of sp³-hybridized carbons (Fsp3) is 0.444. The highest BCUT2D eigenvalue weighted by molar-refractivity contribution is 6.17. The SMILES string of the molecule is CC1CCCCC1(O)n1c(CCl)nc2cnc3ccccc3c21. The number of para-hydroxylation sites is 1. The zero-order chi connectivity index (χ0) is 16.0. The van der Waals surface area contributed by atoms with Crippen molar-refractivity contribution in [3.8, 4) is 0 Å². The number of hydrogen-bond donors (Lipinski definition) is 1. The van der Waals surface area contributed by atoms with Crippen molar-refractivity contribution in [3.63, 3.8) is 0 Å². The van der Waals surface area contributed by atoms with Crippen molar-refractivity contribution in [2.75, 3.05) is 0 Å². The van der Waals surface area contributed by atoms with Gasteiger partial charge in [0.05, 0.1) is 23.1 Å². The predicted octanol–water partition coefficient (Wildman–Crippen LogP) is 4.18. The van der Waals surface area contributed by atoms with Crippen LogP contribution < -0.4 is 0 Å². The molecule has 0 bridgehead atoms. The molecule has 1 aliphatic carbocycles. The van der Waals surface area contributed by atoms with Gasteiger partial charge in [-0.05, 0) is 25.3 Å². The molecule has 2 heterocycles. The van der Waals surface area contributed by atoms with Crippen molar-refractivity contribution in [3.05, 3.63) is 36.3 Å². The number of aliphatic hydroxyl groups is 1. The predicted molar refractivity (Wildman–Crippen MR) is 92.4 cm³/mol. The Balaban J connectivity index is 2.09. The highest BCUT2D eigenvalue weighted by Crippen LogP contribution is 2.41. The lowest BCUT2D eigenvalue weighted by Crippen LogP contribution is -2.43. The van der Waals surface area contributed by atoms with E-state index in [2.05, 4.69) is 16.9 Å². The van der Waals surface area contributed by atoms with Crippen molar-refractivity contribution in [2.24, 2.45) is 5.92 Å². The number of rotatable bonds is 2. The van der Waals surface area contributed by atoms with E-state index in [1.165, 1.54) is 0 Å². The van der Waals surface area contributed by atoms with Crippen LogP contribution in [0, 0.1) is 5.92 Å². The monoisotopic (exact) mass is 329 g/mol. The summed E-state index contributed by atoms with van der Waals surface area (Å²) in [7, 11) is 0. The van der Waals surface area contributed by atoms with Gasteiger partial charge in [0, 0.05) is 11.3 Å². The highest BCUT2D eigenvalue weighted by atomic mass is 35.5. The zero-order valence-corrected chi connectivity index (χ0v) is 13.9. The first-order chi connectivity index (χ1) is 11.1. The Labute approximate surface area is 140 Å². The number of fused-ring (bicyclic) bond motifs is 3. The Morgan fingerprint density at radius 1 is 1.30 bits per heavy atom. The number of hydrogen-bond acceptors (Lipinski definition) is 3. The topological polar surface area (TPSA) is 50.9 Å². The molecule has 0 spiro atoms. The summed E-state index contributed by atoms with van der Waals surface area (Å²) in [4.78, 5) is 9.13. The van der Waals surface area contributed by atoms with Gasteiger partial charge in [-0.25, -0.2) is 4.98 Å².